The van der Waals surface area contributed by atoms with Crippen LogP contribution in [0.15, 0.2) is 48.6 Å². The molecule has 1 aromatic heterocycles. The molecule has 0 saturated heterocycles. The van der Waals surface area contributed by atoms with Crippen LogP contribution in [0.4, 0.5) is 17.6 Å². The van der Waals surface area contributed by atoms with E-state index in [0.29, 0.717) is 17.7 Å². The average Bonchev–Trinajstić information content (AvgIpc) is 2.81. The van der Waals surface area contributed by atoms with E-state index in [4.69, 9.17) is 10.5 Å². The van der Waals surface area contributed by atoms with Crippen LogP contribution in [0.1, 0.15) is 22.8 Å². The van der Waals surface area contributed by atoms with E-state index in [-0.39, 0.29) is 17.0 Å². The molecule has 0 fully saturated rings. The van der Waals surface area contributed by atoms with Gasteiger partial charge in [0.25, 0.3) is 0 Å². The van der Waals surface area contributed by atoms with E-state index in [1.165, 1.54) is 12.4 Å². The van der Waals surface area contributed by atoms with Crippen LogP contribution >= 0.6 is 0 Å². The van der Waals surface area contributed by atoms with Gasteiger partial charge in [-0.15, -0.1) is 0 Å². The largest absolute Gasteiger partial charge is 0.462 e. The molecule has 4 nitrogen and oxygen atoms in total. The predicted octanol–water partition coefficient (Wildman–Crippen LogP) is 3.21. The zero-order valence-electron chi connectivity index (χ0n) is 12.0. The molecule has 1 aromatic carbocycles. The van der Waals surface area contributed by atoms with Gasteiger partial charge in [0.15, 0.2) is 12.0 Å². The van der Waals surface area contributed by atoms with Crippen molar-refractivity contribution >= 4 is 11.4 Å². The molecule has 8 heteroatoms. The van der Waals surface area contributed by atoms with Gasteiger partial charge in [-0.2, -0.15) is 13.2 Å². The quantitative estimate of drug-likeness (QED) is 0.854. The summed E-state index contributed by atoms with van der Waals surface area (Å²) >= 11 is 0. The van der Waals surface area contributed by atoms with Crippen molar-refractivity contribution in [2.75, 3.05) is 0 Å². The second-order valence-corrected chi connectivity index (χ2v) is 5.08. The van der Waals surface area contributed by atoms with Crippen LogP contribution in [-0.2, 0) is 15.7 Å². The Morgan fingerprint density at radius 3 is 2.54 bits per heavy atom. The van der Waals surface area contributed by atoms with Crippen LogP contribution in [-0.4, -0.2) is 10.8 Å². The van der Waals surface area contributed by atoms with Crippen LogP contribution in [0.2, 0.25) is 0 Å². The summed E-state index contributed by atoms with van der Waals surface area (Å²) in [5.74, 6) is -2.33. The van der Waals surface area contributed by atoms with Crippen molar-refractivity contribution < 1.29 is 27.1 Å². The lowest BCUT2D eigenvalue weighted by molar-refractivity contribution is -0.140. The van der Waals surface area contributed by atoms with E-state index in [2.05, 4.69) is 4.98 Å². The van der Waals surface area contributed by atoms with Crippen molar-refractivity contribution in [3.05, 3.63) is 71.1 Å². The van der Waals surface area contributed by atoms with Crippen LogP contribution < -0.4 is 5.73 Å². The number of halogens is 4. The maximum absolute atomic E-state index is 13.7. The number of hydrogen-bond donors (Lipinski definition) is 1. The smallest absolute Gasteiger partial charge is 0.419 e. The van der Waals surface area contributed by atoms with Crippen molar-refractivity contribution in [3.63, 3.8) is 0 Å². The Morgan fingerprint density at radius 2 is 1.96 bits per heavy atom. The van der Waals surface area contributed by atoms with Crippen molar-refractivity contribution in [1.82, 2.24) is 4.98 Å². The maximum atomic E-state index is 13.7. The van der Waals surface area contributed by atoms with Crippen molar-refractivity contribution in [1.29, 1.82) is 0 Å². The van der Waals surface area contributed by atoms with Crippen LogP contribution in [0.25, 0.3) is 5.57 Å². The highest BCUT2D eigenvalue weighted by atomic mass is 19.4. The topological polar surface area (TPSA) is 65.2 Å². The van der Waals surface area contributed by atoms with Gasteiger partial charge in [0.1, 0.15) is 5.82 Å². The molecule has 0 spiro atoms. The minimum absolute atomic E-state index is 0.0746. The Hall–Kier alpha value is -2.90. The van der Waals surface area contributed by atoms with E-state index in [1.807, 2.05) is 0 Å². The van der Waals surface area contributed by atoms with Crippen molar-refractivity contribution in [2.24, 2.45) is 5.73 Å². The predicted molar refractivity (Wildman–Crippen MR) is 75.6 cm³/mol. The van der Waals surface area contributed by atoms with E-state index in [0.717, 1.165) is 6.07 Å². The fraction of sp³-hybridized carbons (Fsp3) is 0.125. The molecule has 1 atom stereocenters. The molecular weight excluding hydrogens is 328 g/mol. The fourth-order valence-electron chi connectivity index (χ4n) is 2.43. The molecule has 0 aliphatic carbocycles. The number of carbonyl (C=O) groups excluding carboxylic acids is 1. The van der Waals surface area contributed by atoms with Gasteiger partial charge >= 0.3 is 6.18 Å². The molecule has 0 amide bonds. The molecule has 3 rings (SSSR count). The van der Waals surface area contributed by atoms with E-state index < -0.39 is 29.4 Å². The standard InChI is InChI=1S/C16H10F4N2O2/c17-11-6-8(3-4-10(11)16(18,19)20)12-13(23)14(24-15(12)21)9-2-1-5-22-7-9/h1-7,14H,21H2. The number of aromatic nitrogens is 1. The SMILES string of the molecule is NC1=C(c2ccc(C(F)(F)F)c(F)c2)C(=O)C(c2cccnc2)O1. The number of hydrogen-bond acceptors (Lipinski definition) is 4. The van der Waals surface area contributed by atoms with E-state index in [9.17, 15) is 22.4 Å². The number of carbonyl (C=O) groups is 1. The van der Waals surface area contributed by atoms with Crippen molar-refractivity contribution in [2.45, 2.75) is 12.3 Å². The Kier molecular flexibility index (Phi) is 3.75. The Labute approximate surface area is 133 Å². The van der Waals surface area contributed by atoms with Gasteiger partial charge in [-0.25, -0.2) is 4.39 Å². The van der Waals surface area contributed by atoms with Crippen molar-refractivity contribution in [3.8, 4) is 0 Å². The Balaban J connectivity index is 1.97. The number of alkyl halides is 3. The summed E-state index contributed by atoms with van der Waals surface area (Å²) in [6, 6.07) is 5.37. The first kappa shape index (κ1) is 16.0. The second kappa shape index (κ2) is 5.63. The lowest BCUT2D eigenvalue weighted by Gasteiger charge is -2.10. The van der Waals surface area contributed by atoms with Gasteiger partial charge in [0.05, 0.1) is 11.1 Å². The zero-order chi connectivity index (χ0) is 17.5. The van der Waals surface area contributed by atoms with Gasteiger partial charge in [-0.3, -0.25) is 9.78 Å². The maximum Gasteiger partial charge on any atom is 0.419 e. The van der Waals surface area contributed by atoms with Crippen LogP contribution in [0, 0.1) is 5.82 Å². The molecule has 2 heterocycles. The first-order chi connectivity index (χ1) is 11.3. The fourth-order valence-corrected chi connectivity index (χ4v) is 2.43. The summed E-state index contributed by atoms with van der Waals surface area (Å²) in [6.07, 6.45) is -2.96. The highest BCUT2D eigenvalue weighted by Gasteiger charge is 2.38. The number of benzene rings is 1. The summed E-state index contributed by atoms with van der Waals surface area (Å²) in [6.45, 7) is 0. The summed E-state index contributed by atoms with van der Waals surface area (Å²) in [4.78, 5) is 16.3. The van der Waals surface area contributed by atoms with E-state index >= 15 is 0 Å². The minimum atomic E-state index is -4.82. The van der Waals surface area contributed by atoms with Gasteiger partial charge in [0.2, 0.25) is 5.78 Å². The summed E-state index contributed by atoms with van der Waals surface area (Å²) < 4.78 is 56.9. The molecule has 124 valence electrons. The average molecular weight is 338 g/mol. The summed E-state index contributed by atoms with van der Waals surface area (Å²) in [7, 11) is 0. The number of pyridine rings is 1. The molecular formula is C16H10F4N2O2. The number of Topliss-reactive ketones (excluding diaryl/α,β-unsaturated/α-hetero) is 1. The first-order valence-corrected chi connectivity index (χ1v) is 6.76. The number of nitrogens with two attached hydrogens (primary N) is 1. The second-order valence-electron chi connectivity index (χ2n) is 5.08. The summed E-state index contributed by atoms with van der Waals surface area (Å²) in [5, 5.41) is 0. The zero-order valence-corrected chi connectivity index (χ0v) is 12.0. The summed E-state index contributed by atoms with van der Waals surface area (Å²) in [5.41, 5.74) is 4.47. The first-order valence-electron chi connectivity index (χ1n) is 6.76. The molecule has 0 radical (unpaired) electrons. The molecule has 1 aliphatic heterocycles. The Bertz CT molecular complexity index is 832. The highest BCUT2D eigenvalue weighted by molar-refractivity contribution is 6.25. The Morgan fingerprint density at radius 1 is 1.21 bits per heavy atom. The molecule has 0 saturated carbocycles. The van der Waals surface area contributed by atoms with Gasteiger partial charge in [0, 0.05) is 18.0 Å². The molecule has 2 N–H and O–H groups in total. The number of nitrogens with zero attached hydrogens (tertiary/aromatic N) is 1. The molecule has 24 heavy (non-hydrogen) atoms. The van der Waals surface area contributed by atoms with Crippen LogP contribution in [0.5, 0.6) is 0 Å². The monoisotopic (exact) mass is 338 g/mol. The molecule has 1 aliphatic rings. The lowest BCUT2D eigenvalue weighted by Crippen LogP contribution is -2.11. The minimum Gasteiger partial charge on any atom is -0.462 e. The number of ketones is 1. The third-order valence-corrected chi connectivity index (χ3v) is 3.53. The van der Waals surface area contributed by atoms with Crippen LogP contribution in [0.3, 0.4) is 0 Å². The van der Waals surface area contributed by atoms with Gasteiger partial charge in [-0.05, 0) is 23.8 Å². The van der Waals surface area contributed by atoms with Gasteiger partial charge in [-0.1, -0.05) is 12.1 Å². The number of rotatable bonds is 2. The normalized spacial score (nSPS) is 18.0. The third-order valence-electron chi connectivity index (χ3n) is 3.53. The molecule has 1 unspecified atom stereocenters. The third kappa shape index (κ3) is 2.70. The molecule has 2 aromatic rings. The van der Waals surface area contributed by atoms with Gasteiger partial charge < -0.3 is 10.5 Å². The molecule has 0 bridgehead atoms. The van der Waals surface area contributed by atoms with E-state index in [1.54, 1.807) is 12.1 Å². The highest BCUT2D eigenvalue weighted by Crippen LogP contribution is 2.38. The lowest BCUT2D eigenvalue weighted by atomic mass is 9.96. The number of ether oxygens (including phenoxy) is 1.